The number of rotatable bonds is 5. The van der Waals surface area contributed by atoms with Gasteiger partial charge in [-0.25, -0.2) is 0 Å². The molecule has 1 aromatic carbocycles. The van der Waals surface area contributed by atoms with Crippen molar-refractivity contribution in [3.63, 3.8) is 0 Å². The average molecular weight is 248 g/mol. The van der Waals surface area contributed by atoms with Crippen LogP contribution in [0.25, 0.3) is 0 Å². The molecule has 2 N–H and O–H groups in total. The molecule has 3 heteroatoms. The second kappa shape index (κ2) is 6.55. The SMILES string of the molecule is CC(CN)CN(C)C(=O)c1ccc(C(C)C)cc1. The van der Waals surface area contributed by atoms with E-state index in [2.05, 4.69) is 13.8 Å². The van der Waals surface area contributed by atoms with Gasteiger partial charge in [-0.05, 0) is 36.1 Å². The Morgan fingerprint density at radius 1 is 1.22 bits per heavy atom. The van der Waals surface area contributed by atoms with E-state index in [9.17, 15) is 4.79 Å². The summed E-state index contributed by atoms with van der Waals surface area (Å²) in [7, 11) is 1.82. The molecule has 0 aromatic heterocycles. The third-order valence-corrected chi connectivity index (χ3v) is 3.16. The molecule has 0 aliphatic heterocycles. The lowest BCUT2D eigenvalue weighted by Gasteiger charge is -2.21. The van der Waals surface area contributed by atoms with Gasteiger partial charge in [0, 0.05) is 19.2 Å². The quantitative estimate of drug-likeness (QED) is 0.870. The maximum absolute atomic E-state index is 12.2. The highest BCUT2D eigenvalue weighted by Crippen LogP contribution is 2.15. The Hall–Kier alpha value is -1.35. The van der Waals surface area contributed by atoms with Gasteiger partial charge in [0.05, 0.1) is 0 Å². The Bertz CT molecular complexity index is 384. The zero-order valence-electron chi connectivity index (χ0n) is 11.8. The summed E-state index contributed by atoms with van der Waals surface area (Å²) >= 11 is 0. The Morgan fingerprint density at radius 2 is 1.78 bits per heavy atom. The van der Waals surface area contributed by atoms with Crippen molar-refractivity contribution in [1.29, 1.82) is 0 Å². The first-order valence-electron chi connectivity index (χ1n) is 6.51. The molecule has 0 bridgehead atoms. The van der Waals surface area contributed by atoms with Gasteiger partial charge in [-0.1, -0.05) is 32.9 Å². The van der Waals surface area contributed by atoms with Gasteiger partial charge in [0.2, 0.25) is 0 Å². The molecule has 0 saturated heterocycles. The summed E-state index contributed by atoms with van der Waals surface area (Å²) in [5.41, 5.74) is 7.57. The highest BCUT2D eigenvalue weighted by Gasteiger charge is 2.13. The Morgan fingerprint density at radius 3 is 2.22 bits per heavy atom. The molecule has 3 nitrogen and oxygen atoms in total. The normalized spacial score (nSPS) is 12.6. The minimum absolute atomic E-state index is 0.0607. The van der Waals surface area contributed by atoms with E-state index in [4.69, 9.17) is 5.73 Å². The number of nitrogens with two attached hydrogens (primary N) is 1. The van der Waals surface area contributed by atoms with Crippen LogP contribution in [0.2, 0.25) is 0 Å². The van der Waals surface area contributed by atoms with Crippen molar-refractivity contribution in [2.24, 2.45) is 11.7 Å². The first kappa shape index (κ1) is 14.7. The Kier molecular flexibility index (Phi) is 5.35. The van der Waals surface area contributed by atoms with Crippen LogP contribution in [0.4, 0.5) is 0 Å². The minimum Gasteiger partial charge on any atom is -0.341 e. The number of hydrogen-bond acceptors (Lipinski definition) is 2. The van der Waals surface area contributed by atoms with Gasteiger partial charge in [0.1, 0.15) is 0 Å². The van der Waals surface area contributed by atoms with Crippen molar-refractivity contribution in [1.82, 2.24) is 4.90 Å². The summed E-state index contributed by atoms with van der Waals surface area (Å²) in [5.74, 6) is 0.878. The zero-order chi connectivity index (χ0) is 13.7. The van der Waals surface area contributed by atoms with Crippen LogP contribution >= 0.6 is 0 Å². The van der Waals surface area contributed by atoms with Crippen LogP contribution < -0.4 is 5.73 Å². The van der Waals surface area contributed by atoms with Crippen LogP contribution in [0, 0.1) is 5.92 Å². The first-order valence-corrected chi connectivity index (χ1v) is 6.51. The van der Waals surface area contributed by atoms with Gasteiger partial charge < -0.3 is 10.6 Å². The Labute approximate surface area is 110 Å². The van der Waals surface area contributed by atoms with Crippen LogP contribution in [0.3, 0.4) is 0 Å². The number of hydrogen-bond donors (Lipinski definition) is 1. The van der Waals surface area contributed by atoms with Gasteiger partial charge in [0.15, 0.2) is 0 Å². The molecule has 0 heterocycles. The lowest BCUT2D eigenvalue weighted by atomic mass is 10.0. The topological polar surface area (TPSA) is 46.3 Å². The summed E-state index contributed by atoms with van der Waals surface area (Å²) in [4.78, 5) is 13.9. The van der Waals surface area contributed by atoms with Gasteiger partial charge >= 0.3 is 0 Å². The van der Waals surface area contributed by atoms with E-state index in [1.165, 1.54) is 5.56 Å². The van der Waals surface area contributed by atoms with Crippen molar-refractivity contribution in [2.45, 2.75) is 26.7 Å². The number of carbonyl (C=O) groups excluding carboxylic acids is 1. The standard InChI is InChI=1S/C15H24N2O/c1-11(2)13-5-7-14(8-6-13)15(18)17(4)10-12(3)9-16/h5-8,11-12H,9-10,16H2,1-4H3. The van der Waals surface area contributed by atoms with E-state index in [0.29, 0.717) is 24.9 Å². The Balaban J connectivity index is 2.71. The molecular formula is C15H24N2O. The lowest BCUT2D eigenvalue weighted by molar-refractivity contribution is 0.0777. The summed E-state index contributed by atoms with van der Waals surface area (Å²) in [6.07, 6.45) is 0. The molecular weight excluding hydrogens is 224 g/mol. The van der Waals surface area contributed by atoms with Gasteiger partial charge in [0.25, 0.3) is 5.91 Å². The van der Waals surface area contributed by atoms with Crippen molar-refractivity contribution in [3.8, 4) is 0 Å². The molecule has 0 radical (unpaired) electrons. The molecule has 1 atom stereocenters. The van der Waals surface area contributed by atoms with Crippen molar-refractivity contribution in [2.75, 3.05) is 20.1 Å². The van der Waals surface area contributed by atoms with Crippen LogP contribution in [0.5, 0.6) is 0 Å². The third-order valence-electron chi connectivity index (χ3n) is 3.16. The largest absolute Gasteiger partial charge is 0.341 e. The molecule has 0 saturated carbocycles. The van der Waals surface area contributed by atoms with Crippen LogP contribution in [0.15, 0.2) is 24.3 Å². The summed E-state index contributed by atoms with van der Waals surface area (Å²) in [6.45, 7) is 7.63. The van der Waals surface area contributed by atoms with Crippen molar-refractivity contribution < 1.29 is 4.79 Å². The second-order valence-corrected chi connectivity index (χ2v) is 5.30. The fraction of sp³-hybridized carbons (Fsp3) is 0.533. The smallest absolute Gasteiger partial charge is 0.253 e. The molecule has 1 rings (SSSR count). The van der Waals surface area contributed by atoms with E-state index < -0.39 is 0 Å². The van der Waals surface area contributed by atoms with Crippen LogP contribution in [-0.4, -0.2) is 30.9 Å². The van der Waals surface area contributed by atoms with E-state index in [1.807, 2.05) is 38.2 Å². The summed E-state index contributed by atoms with van der Waals surface area (Å²) < 4.78 is 0. The van der Waals surface area contributed by atoms with E-state index >= 15 is 0 Å². The third kappa shape index (κ3) is 3.84. The zero-order valence-corrected chi connectivity index (χ0v) is 11.8. The average Bonchev–Trinajstić information content (AvgIpc) is 2.37. The summed E-state index contributed by atoms with van der Waals surface area (Å²) in [6, 6.07) is 7.86. The van der Waals surface area contributed by atoms with Gasteiger partial charge in [-0.2, -0.15) is 0 Å². The minimum atomic E-state index is 0.0607. The maximum atomic E-state index is 12.2. The highest BCUT2D eigenvalue weighted by molar-refractivity contribution is 5.94. The molecule has 1 aromatic rings. The maximum Gasteiger partial charge on any atom is 0.253 e. The molecule has 1 amide bonds. The van der Waals surface area contributed by atoms with Crippen LogP contribution in [-0.2, 0) is 0 Å². The monoisotopic (exact) mass is 248 g/mol. The van der Waals surface area contributed by atoms with E-state index in [-0.39, 0.29) is 5.91 Å². The molecule has 100 valence electrons. The van der Waals surface area contributed by atoms with Crippen molar-refractivity contribution >= 4 is 5.91 Å². The van der Waals surface area contributed by atoms with Gasteiger partial charge in [-0.3, -0.25) is 4.79 Å². The van der Waals surface area contributed by atoms with E-state index in [0.717, 1.165) is 5.56 Å². The molecule has 0 aliphatic rings. The highest BCUT2D eigenvalue weighted by atomic mass is 16.2. The second-order valence-electron chi connectivity index (χ2n) is 5.30. The van der Waals surface area contributed by atoms with Crippen LogP contribution in [0.1, 0.15) is 42.6 Å². The lowest BCUT2D eigenvalue weighted by Crippen LogP contribution is -2.33. The number of carbonyl (C=O) groups is 1. The number of benzene rings is 1. The molecule has 0 fully saturated rings. The van der Waals surface area contributed by atoms with Gasteiger partial charge in [-0.15, -0.1) is 0 Å². The summed E-state index contributed by atoms with van der Waals surface area (Å²) in [5, 5.41) is 0. The predicted molar refractivity (Wildman–Crippen MR) is 75.7 cm³/mol. The molecule has 18 heavy (non-hydrogen) atoms. The number of nitrogens with zero attached hydrogens (tertiary/aromatic N) is 1. The predicted octanol–water partition coefficient (Wildman–Crippen LogP) is 2.48. The fourth-order valence-corrected chi connectivity index (χ4v) is 1.86. The molecule has 1 unspecified atom stereocenters. The molecule has 0 spiro atoms. The molecule has 0 aliphatic carbocycles. The fourth-order valence-electron chi connectivity index (χ4n) is 1.86. The first-order chi connectivity index (χ1) is 8.45. The van der Waals surface area contributed by atoms with Crippen molar-refractivity contribution in [3.05, 3.63) is 35.4 Å². The number of amides is 1. The van der Waals surface area contributed by atoms with E-state index in [1.54, 1.807) is 4.90 Å².